The number of fused-ring (bicyclic) bond motifs is 12. The molecule has 5 aliphatic heterocycles. The lowest BCUT2D eigenvalue weighted by molar-refractivity contribution is -0.148. The minimum Gasteiger partial charge on any atom is -0.504 e. The molecular formula is C53H74N6O6S2. The summed E-state index contributed by atoms with van der Waals surface area (Å²) in [5.74, 6) is 2.31. The number of rotatable bonds is 3. The van der Waals surface area contributed by atoms with Crippen molar-refractivity contribution in [3.05, 3.63) is 58.8 Å². The van der Waals surface area contributed by atoms with Gasteiger partial charge in [0.05, 0.1) is 6.10 Å². The molecule has 1 saturated heterocycles. The number of aliphatic hydroxyl groups is 1. The number of hydrogen-bond donors (Lipinski definition) is 5. The zero-order chi connectivity index (χ0) is 46.4. The summed E-state index contributed by atoms with van der Waals surface area (Å²) in [6.45, 7) is 2.63. The fraction of sp³-hybridized carbons (Fsp3) is 0.698. The summed E-state index contributed by atoms with van der Waals surface area (Å²) in [4.78, 5) is 38.1. The molecular weight excluding hydrogens is 881 g/mol. The largest absolute Gasteiger partial charge is 0.504 e. The van der Waals surface area contributed by atoms with Gasteiger partial charge in [0.25, 0.3) is 0 Å². The molecule has 4 saturated carbocycles. The van der Waals surface area contributed by atoms with Crippen molar-refractivity contribution in [2.24, 2.45) is 33.4 Å². The van der Waals surface area contributed by atoms with Gasteiger partial charge in [0.1, 0.15) is 22.4 Å². The number of aliphatic imine (C=N–C) groups is 1. The number of carbonyl (C=O) groups excluding carboxylic acids is 2. The molecule has 67 heavy (non-hydrogen) atoms. The van der Waals surface area contributed by atoms with E-state index >= 15 is 0 Å². The average Bonchev–Trinajstić information content (AvgIpc) is 4.05. The van der Waals surface area contributed by atoms with Crippen molar-refractivity contribution in [1.82, 2.24) is 15.2 Å². The molecule has 0 unspecified atom stereocenters. The van der Waals surface area contributed by atoms with E-state index in [-0.39, 0.29) is 40.4 Å². The number of phenolic OH excluding ortho intramolecular Hbond substituents is 1. The Morgan fingerprint density at radius 2 is 1.78 bits per heavy atom. The first-order valence-corrected chi connectivity index (χ1v) is 28.1. The van der Waals surface area contributed by atoms with Crippen LogP contribution in [-0.2, 0) is 33.7 Å². The van der Waals surface area contributed by atoms with E-state index in [0.717, 1.165) is 68.1 Å². The van der Waals surface area contributed by atoms with Crippen LogP contribution in [0.2, 0.25) is 0 Å². The molecule has 6 heterocycles. The summed E-state index contributed by atoms with van der Waals surface area (Å²) in [5, 5.41) is 28.4. The van der Waals surface area contributed by atoms with E-state index in [4.69, 9.17) is 25.9 Å². The summed E-state index contributed by atoms with van der Waals surface area (Å²) in [6.07, 6.45) is 27.1. The summed E-state index contributed by atoms with van der Waals surface area (Å²) < 4.78 is 13.0. The van der Waals surface area contributed by atoms with E-state index in [2.05, 4.69) is 39.3 Å². The van der Waals surface area contributed by atoms with Gasteiger partial charge in [0, 0.05) is 84.6 Å². The second-order valence-electron chi connectivity index (χ2n) is 22.2. The fourth-order valence-corrected chi connectivity index (χ4v) is 18.4. The first-order valence-electron chi connectivity index (χ1n) is 25.9. The summed E-state index contributed by atoms with van der Waals surface area (Å²) >= 11 is 0. The summed E-state index contributed by atoms with van der Waals surface area (Å²) in [6, 6.07) is 5.98. The van der Waals surface area contributed by atoms with Crippen molar-refractivity contribution in [2.45, 2.75) is 195 Å². The number of aromatic nitrogens is 1. The maximum absolute atomic E-state index is 14.4. The third-order valence-corrected chi connectivity index (χ3v) is 21.6. The molecule has 5 aliphatic carbocycles. The highest BCUT2D eigenvalue weighted by atomic mass is 33.1. The van der Waals surface area contributed by atoms with Gasteiger partial charge in [0.15, 0.2) is 17.5 Å². The van der Waals surface area contributed by atoms with Crippen molar-refractivity contribution >= 4 is 45.2 Å². The number of allylic oxidation sites excluding steroid dienone is 1. The van der Waals surface area contributed by atoms with Gasteiger partial charge in [-0.1, -0.05) is 40.5 Å². The molecule has 14 heteroatoms. The normalized spacial score (nSPS) is 35.5. The van der Waals surface area contributed by atoms with Crippen molar-refractivity contribution in [2.75, 3.05) is 18.8 Å². The first-order chi connectivity index (χ1) is 32.3. The second-order valence-corrected chi connectivity index (χ2v) is 25.0. The molecule has 7 atom stereocenters. The van der Waals surface area contributed by atoms with Gasteiger partial charge in [-0.05, 0) is 163 Å². The molecule has 1 amide bonds. The van der Waals surface area contributed by atoms with Crippen LogP contribution in [0.25, 0.3) is 0 Å². The van der Waals surface area contributed by atoms with Gasteiger partial charge in [-0.3, -0.25) is 14.6 Å². The van der Waals surface area contributed by atoms with Crippen LogP contribution in [-0.4, -0.2) is 79.0 Å². The fourth-order valence-electron chi connectivity index (χ4n) is 14.3. The van der Waals surface area contributed by atoms with Gasteiger partial charge in [0.2, 0.25) is 5.91 Å². The lowest BCUT2D eigenvalue weighted by Gasteiger charge is -2.45. The summed E-state index contributed by atoms with van der Waals surface area (Å²) in [7, 11) is 4.11. The zero-order valence-electron chi connectivity index (χ0n) is 39.7. The topological polar surface area (TPSA) is 186 Å². The Morgan fingerprint density at radius 1 is 0.970 bits per heavy atom. The van der Waals surface area contributed by atoms with Crippen LogP contribution in [0.15, 0.2) is 41.5 Å². The smallest absolute Gasteiger partial charge is 0.302 e. The second kappa shape index (κ2) is 19.3. The zero-order valence-corrected chi connectivity index (χ0v) is 41.3. The number of phenols is 1. The number of benzene rings is 1. The molecule has 5 fully saturated rings. The van der Waals surface area contributed by atoms with E-state index in [1.807, 2.05) is 27.8 Å². The molecule has 8 bridgehead atoms. The quantitative estimate of drug-likeness (QED) is 0.112. The van der Waals surface area contributed by atoms with Crippen LogP contribution in [0, 0.1) is 22.7 Å². The van der Waals surface area contributed by atoms with Crippen LogP contribution >= 0.6 is 21.6 Å². The molecule has 3 spiro atoms. The number of guanidine groups is 1. The molecule has 12 rings (SSSR count). The average molecular weight is 955 g/mol. The Morgan fingerprint density at radius 3 is 2.58 bits per heavy atom. The van der Waals surface area contributed by atoms with Crippen molar-refractivity contribution in [1.29, 1.82) is 0 Å². The summed E-state index contributed by atoms with van der Waals surface area (Å²) in [5.41, 5.74) is 16.2. The van der Waals surface area contributed by atoms with E-state index in [1.54, 1.807) is 6.20 Å². The van der Waals surface area contributed by atoms with Crippen LogP contribution in [0.5, 0.6) is 11.5 Å². The Balaban J connectivity index is 0.989. The molecule has 10 aliphatic rings. The van der Waals surface area contributed by atoms with Gasteiger partial charge in [-0.2, -0.15) is 0 Å². The monoisotopic (exact) mass is 955 g/mol. The minimum absolute atomic E-state index is 0.0297. The third kappa shape index (κ3) is 9.67. The number of nitrogens with one attached hydrogen (secondary N) is 1. The van der Waals surface area contributed by atoms with Crippen molar-refractivity contribution in [3.8, 4) is 11.5 Å². The first kappa shape index (κ1) is 47.1. The minimum atomic E-state index is -0.577. The Hall–Kier alpha value is -3.62. The predicted octanol–water partition coefficient (Wildman–Crippen LogP) is 9.39. The highest BCUT2D eigenvalue weighted by Crippen LogP contribution is 2.64. The highest BCUT2D eigenvalue weighted by molar-refractivity contribution is 8.77. The van der Waals surface area contributed by atoms with Crippen molar-refractivity contribution in [3.63, 3.8) is 0 Å². The van der Waals surface area contributed by atoms with Gasteiger partial charge in [-0.15, -0.1) is 0 Å². The van der Waals surface area contributed by atoms with Crippen LogP contribution in [0.1, 0.15) is 170 Å². The van der Waals surface area contributed by atoms with Gasteiger partial charge < -0.3 is 41.4 Å². The standard InChI is InChI=1S/C53H74N6O6S2/c1-34(60)64-42-12-10-37-27-39(47(63)48-46(37)38-15-22-52(65-48)20-4-6-40(52)28-38)32-59-33-50(31-45(59)62,30-36-16-24-56-44(54)26-36)23-25-57-49(55)58-53(21-5-19-51(53)17-2-3-18-51)67-66-43-13-8-35(9-14-43)7-11-41(61)29-42/h15-16,22,24,26-27,35,38,40-43,61,63H,2-14,17-21,23,25,28-33H2,1H3,(H2,54,56)(H3,55,57,58)/t35?,38-,40-,41-,42+,43?,50+,52+,53+/m0/s1. The number of nitrogens with zero attached hydrogens (tertiary/aromatic N) is 3. The number of aliphatic hydroxyl groups excluding tert-OH is 1. The number of nitrogen functional groups attached to an aromatic ring is 1. The predicted molar refractivity (Wildman–Crippen MR) is 267 cm³/mol. The van der Waals surface area contributed by atoms with Crippen LogP contribution < -0.4 is 21.5 Å². The van der Waals surface area contributed by atoms with E-state index in [9.17, 15) is 19.8 Å². The maximum atomic E-state index is 14.4. The Bertz CT molecular complexity index is 2220. The number of ether oxygens (including phenoxy) is 2. The number of amides is 1. The maximum Gasteiger partial charge on any atom is 0.302 e. The van der Waals surface area contributed by atoms with E-state index in [1.165, 1.54) is 58.3 Å². The number of aryl methyl sites for hydroxylation is 1. The highest BCUT2D eigenvalue weighted by Gasteiger charge is 2.57. The number of nitrogens with two attached hydrogens (primary N) is 2. The molecule has 1 aromatic heterocycles. The molecule has 12 nitrogen and oxygen atoms in total. The van der Waals surface area contributed by atoms with Gasteiger partial charge >= 0.3 is 5.97 Å². The Kier molecular flexibility index (Phi) is 13.6. The van der Waals surface area contributed by atoms with Crippen LogP contribution in [0.4, 0.5) is 5.82 Å². The number of aromatic hydroxyl groups is 1. The van der Waals surface area contributed by atoms with Gasteiger partial charge in [-0.25, -0.2) is 4.98 Å². The molecule has 364 valence electrons. The lowest BCUT2D eigenvalue weighted by Crippen LogP contribution is -2.55. The number of esters is 1. The number of hydrogen-bond acceptors (Lipinski definition) is 13. The Labute approximate surface area is 405 Å². The van der Waals surface area contributed by atoms with Crippen molar-refractivity contribution < 1.29 is 29.3 Å². The molecule has 7 N–H and O–H groups in total. The van der Waals surface area contributed by atoms with Crippen LogP contribution in [0.3, 0.4) is 0 Å². The number of pyridine rings is 1. The van der Waals surface area contributed by atoms with E-state index < -0.39 is 23.2 Å². The molecule has 0 radical (unpaired) electrons. The van der Waals surface area contributed by atoms with E-state index in [0.29, 0.717) is 98.2 Å². The SMILES string of the molecule is CC(=O)O[C@@H]1CCc2cc(c(O)c3c2[C@H]2C=C[C@@]4(CCC[C@H]4C2)O3)CN2C[C@@](Cc3ccnc(N)c3)(CCN=C(N)N[C@]3(CCCC34CCCC4)SSC3CCC(CC3)CC[C@H](O)C1)CC2=O. The number of anilines is 1. The number of carbonyl (C=O) groups is 2. The lowest BCUT2D eigenvalue weighted by atomic mass is 9.75. The molecule has 1 aromatic carbocycles. The molecule has 2 aromatic rings. The third-order valence-electron chi connectivity index (χ3n) is 17.8.